The van der Waals surface area contributed by atoms with Gasteiger partial charge in [0, 0.05) is 12.1 Å². The Morgan fingerprint density at radius 3 is 2.67 bits per heavy atom. The topological polar surface area (TPSA) is 95.7 Å². The maximum absolute atomic E-state index is 12.2. The zero-order valence-corrected chi connectivity index (χ0v) is 16.0. The highest BCUT2D eigenvalue weighted by Gasteiger charge is 2.19. The molecule has 0 aliphatic heterocycles. The second-order valence-corrected chi connectivity index (χ2v) is 7.07. The molecule has 0 radical (unpaired) electrons. The van der Waals surface area contributed by atoms with Gasteiger partial charge in [-0.05, 0) is 23.6 Å². The van der Waals surface area contributed by atoms with Crippen molar-refractivity contribution >= 4 is 23.4 Å². The number of nitrogens with zero attached hydrogens (tertiary/aromatic N) is 2. The summed E-state index contributed by atoms with van der Waals surface area (Å²) in [4.78, 5) is 12.2. The Balaban J connectivity index is 1.52. The van der Waals surface area contributed by atoms with Crippen LogP contribution >= 0.6 is 11.8 Å². The molecule has 2 aromatic carbocycles. The van der Waals surface area contributed by atoms with Crippen LogP contribution in [0.25, 0.3) is 0 Å². The average molecular weight is 383 g/mol. The molecular weight excluding hydrogens is 360 g/mol. The number of rotatable bonds is 8. The molecule has 0 saturated heterocycles. The van der Waals surface area contributed by atoms with Crippen LogP contribution in [0, 0.1) is 0 Å². The van der Waals surface area contributed by atoms with Crippen molar-refractivity contribution in [3.63, 3.8) is 0 Å². The molecular formula is C20H23N4O2S+. The van der Waals surface area contributed by atoms with Gasteiger partial charge in [0.1, 0.15) is 0 Å². The number of hydrogen-bond acceptors (Lipinski definition) is 5. The van der Waals surface area contributed by atoms with Gasteiger partial charge in [0.25, 0.3) is 11.1 Å². The number of anilines is 1. The third-order valence-electron chi connectivity index (χ3n) is 4.10. The van der Waals surface area contributed by atoms with Gasteiger partial charge in [-0.25, -0.2) is 0 Å². The lowest BCUT2D eigenvalue weighted by atomic mass is 10.1. The fraction of sp³-hybridized carbons (Fsp3) is 0.250. The molecule has 0 spiro atoms. The molecule has 0 bridgehead atoms. The maximum Gasteiger partial charge on any atom is 0.277 e. The lowest BCUT2D eigenvalue weighted by Gasteiger charge is -2.08. The van der Waals surface area contributed by atoms with Gasteiger partial charge >= 0.3 is 0 Å². The van der Waals surface area contributed by atoms with E-state index in [2.05, 4.69) is 28.2 Å². The first-order valence-corrected chi connectivity index (χ1v) is 9.85. The van der Waals surface area contributed by atoms with Crippen molar-refractivity contribution in [1.82, 2.24) is 10.2 Å². The fourth-order valence-corrected chi connectivity index (χ4v) is 3.26. The second kappa shape index (κ2) is 9.34. The van der Waals surface area contributed by atoms with E-state index in [9.17, 15) is 4.79 Å². The molecule has 1 heterocycles. The second-order valence-electron chi connectivity index (χ2n) is 6.14. The molecule has 7 heteroatoms. The molecule has 6 nitrogen and oxygen atoms in total. The maximum atomic E-state index is 12.2. The molecule has 0 fully saturated rings. The van der Waals surface area contributed by atoms with E-state index in [1.54, 1.807) is 0 Å². The molecule has 140 valence electrons. The van der Waals surface area contributed by atoms with Crippen LogP contribution in [0.5, 0.6) is 0 Å². The predicted molar refractivity (Wildman–Crippen MR) is 105 cm³/mol. The molecule has 27 heavy (non-hydrogen) atoms. The van der Waals surface area contributed by atoms with Crippen LogP contribution in [-0.4, -0.2) is 21.9 Å². The Labute approximate surface area is 162 Å². The van der Waals surface area contributed by atoms with Gasteiger partial charge in [0.15, 0.2) is 6.04 Å². The summed E-state index contributed by atoms with van der Waals surface area (Å²) in [5.74, 6) is 0.592. The van der Waals surface area contributed by atoms with Gasteiger partial charge < -0.3 is 15.5 Å². The first-order chi connectivity index (χ1) is 13.2. The highest BCUT2D eigenvalue weighted by Crippen LogP contribution is 2.21. The molecule has 1 atom stereocenters. The molecule has 0 unspecified atom stereocenters. The number of para-hydroxylation sites is 1. The van der Waals surface area contributed by atoms with E-state index in [-0.39, 0.29) is 17.7 Å². The molecule has 0 saturated carbocycles. The molecule has 0 aliphatic rings. The number of carbonyl (C=O) groups excluding carboxylic acids is 1. The standard InChI is InChI=1S/C20H22N4O2S/c1-2-15-10-6-7-11-17(15)22-18(25)13-27-20-24-23-19(26-20)16(21)12-14-8-4-3-5-9-14/h3-11,16H,2,12-13,21H2,1H3,(H,22,25)/p+1/t16-/m0/s1. The van der Waals surface area contributed by atoms with Crippen molar-refractivity contribution in [3.8, 4) is 0 Å². The smallest absolute Gasteiger partial charge is 0.277 e. The number of nitrogens with one attached hydrogen (secondary N) is 1. The summed E-state index contributed by atoms with van der Waals surface area (Å²) in [5, 5.41) is 11.4. The molecule has 3 rings (SSSR count). The van der Waals surface area contributed by atoms with E-state index in [1.807, 2.05) is 54.6 Å². The SMILES string of the molecule is CCc1ccccc1NC(=O)CSc1nnc([C@@H]([NH3+])Cc2ccccc2)o1. The number of thioether (sulfide) groups is 1. The van der Waals surface area contributed by atoms with Gasteiger partial charge in [0.2, 0.25) is 5.91 Å². The first-order valence-electron chi connectivity index (χ1n) is 8.86. The third kappa shape index (κ3) is 5.42. The normalized spacial score (nSPS) is 11.9. The van der Waals surface area contributed by atoms with Crippen molar-refractivity contribution in [2.24, 2.45) is 0 Å². The summed E-state index contributed by atoms with van der Waals surface area (Å²) in [6.07, 6.45) is 1.59. The molecule has 3 aromatic rings. The van der Waals surface area contributed by atoms with Crippen molar-refractivity contribution in [2.75, 3.05) is 11.1 Å². The number of benzene rings is 2. The first kappa shape index (κ1) is 19.1. The summed E-state index contributed by atoms with van der Waals surface area (Å²) in [5.41, 5.74) is 7.22. The van der Waals surface area contributed by atoms with Crippen LogP contribution in [0.4, 0.5) is 5.69 Å². The number of aromatic nitrogens is 2. The van der Waals surface area contributed by atoms with Gasteiger partial charge in [-0.15, -0.1) is 10.2 Å². The third-order valence-corrected chi connectivity index (χ3v) is 4.91. The summed E-state index contributed by atoms with van der Waals surface area (Å²) >= 11 is 1.23. The van der Waals surface area contributed by atoms with Gasteiger partial charge in [-0.1, -0.05) is 67.2 Å². The Hall–Kier alpha value is -2.64. The Morgan fingerprint density at radius 2 is 1.89 bits per heavy atom. The number of carbonyl (C=O) groups is 1. The van der Waals surface area contributed by atoms with Crippen LogP contribution in [0.2, 0.25) is 0 Å². The van der Waals surface area contributed by atoms with E-state index < -0.39 is 0 Å². The fourth-order valence-electron chi connectivity index (χ4n) is 2.69. The summed E-state index contributed by atoms with van der Waals surface area (Å²) in [6.45, 7) is 2.06. The van der Waals surface area contributed by atoms with Crippen LogP contribution in [0.3, 0.4) is 0 Å². The minimum absolute atomic E-state index is 0.101. The average Bonchev–Trinajstić information content (AvgIpc) is 3.17. The molecule has 1 amide bonds. The summed E-state index contributed by atoms with van der Waals surface area (Å²) in [6, 6.07) is 17.7. The van der Waals surface area contributed by atoms with Crippen molar-refractivity contribution in [2.45, 2.75) is 31.0 Å². The van der Waals surface area contributed by atoms with Crippen LogP contribution in [0.1, 0.15) is 30.0 Å². The predicted octanol–water partition coefficient (Wildman–Crippen LogP) is 2.89. The number of hydrogen-bond donors (Lipinski definition) is 2. The van der Waals surface area contributed by atoms with E-state index in [1.165, 1.54) is 17.3 Å². The largest absolute Gasteiger partial charge is 0.410 e. The summed E-state index contributed by atoms with van der Waals surface area (Å²) < 4.78 is 5.66. The lowest BCUT2D eigenvalue weighted by molar-refractivity contribution is -0.431. The monoisotopic (exact) mass is 383 g/mol. The van der Waals surface area contributed by atoms with Gasteiger partial charge in [0.05, 0.1) is 5.75 Å². The minimum atomic E-state index is -0.125. The molecule has 4 N–H and O–H groups in total. The van der Waals surface area contributed by atoms with Crippen molar-refractivity contribution in [1.29, 1.82) is 0 Å². The van der Waals surface area contributed by atoms with Gasteiger partial charge in [-0.3, -0.25) is 4.79 Å². The zero-order valence-electron chi connectivity index (χ0n) is 15.2. The minimum Gasteiger partial charge on any atom is -0.410 e. The Bertz CT molecular complexity index is 882. The quantitative estimate of drug-likeness (QED) is 0.583. The van der Waals surface area contributed by atoms with Crippen LogP contribution in [0.15, 0.2) is 64.2 Å². The number of quaternary nitrogens is 1. The Kier molecular flexibility index (Phi) is 6.62. The van der Waals surface area contributed by atoms with Crippen LogP contribution in [-0.2, 0) is 17.6 Å². The zero-order chi connectivity index (χ0) is 19.1. The number of aryl methyl sites for hydroxylation is 1. The van der Waals surface area contributed by atoms with E-state index in [0.717, 1.165) is 24.1 Å². The van der Waals surface area contributed by atoms with Crippen LogP contribution < -0.4 is 11.1 Å². The highest BCUT2D eigenvalue weighted by molar-refractivity contribution is 7.99. The van der Waals surface area contributed by atoms with Gasteiger partial charge in [-0.2, -0.15) is 0 Å². The Morgan fingerprint density at radius 1 is 1.15 bits per heavy atom. The molecule has 0 aliphatic carbocycles. The molecule has 1 aromatic heterocycles. The van der Waals surface area contributed by atoms with E-state index >= 15 is 0 Å². The van der Waals surface area contributed by atoms with E-state index in [4.69, 9.17) is 4.42 Å². The van der Waals surface area contributed by atoms with Crippen molar-refractivity contribution in [3.05, 3.63) is 71.6 Å². The number of amides is 1. The lowest BCUT2D eigenvalue weighted by Crippen LogP contribution is -2.54. The highest BCUT2D eigenvalue weighted by atomic mass is 32.2. The van der Waals surface area contributed by atoms with E-state index in [0.29, 0.717) is 11.1 Å². The van der Waals surface area contributed by atoms with Crippen molar-refractivity contribution < 1.29 is 14.9 Å². The summed E-state index contributed by atoms with van der Waals surface area (Å²) in [7, 11) is 0.